The van der Waals surface area contributed by atoms with Gasteiger partial charge in [-0.2, -0.15) is 0 Å². The Hall–Kier alpha value is -1.82. The number of nitrogens with one attached hydrogen (secondary N) is 2. The normalized spacial score (nSPS) is 13.9. The van der Waals surface area contributed by atoms with Gasteiger partial charge in [-0.25, -0.2) is 4.79 Å². The first kappa shape index (κ1) is 15.6. The third-order valence-corrected chi connectivity index (χ3v) is 4.09. The molecule has 21 heavy (non-hydrogen) atoms. The molecule has 0 radical (unpaired) electrons. The number of carboxylic acid groups (broad SMARTS) is 1. The van der Waals surface area contributed by atoms with Crippen LogP contribution in [0.15, 0.2) is 28.7 Å². The largest absolute Gasteiger partial charge is 0.480 e. The van der Waals surface area contributed by atoms with Gasteiger partial charge in [-0.05, 0) is 24.1 Å². The molecule has 0 bridgehead atoms. The molecule has 5 nitrogen and oxygen atoms in total. The number of carbonyl (C=O) groups excluding carboxylic acids is 1. The minimum atomic E-state index is -1.02. The van der Waals surface area contributed by atoms with Gasteiger partial charge in [0.15, 0.2) is 0 Å². The molecule has 0 saturated carbocycles. The highest BCUT2D eigenvalue weighted by Crippen LogP contribution is 2.20. The van der Waals surface area contributed by atoms with E-state index in [1.807, 2.05) is 25.1 Å². The first-order valence-electron chi connectivity index (χ1n) is 6.74. The summed E-state index contributed by atoms with van der Waals surface area (Å²) in [5.41, 5.74) is 1.18. The van der Waals surface area contributed by atoms with Crippen molar-refractivity contribution in [1.82, 2.24) is 10.3 Å². The number of amides is 1. The Morgan fingerprint density at radius 1 is 1.38 bits per heavy atom. The van der Waals surface area contributed by atoms with E-state index in [9.17, 15) is 14.7 Å². The minimum Gasteiger partial charge on any atom is -0.480 e. The van der Waals surface area contributed by atoms with E-state index >= 15 is 0 Å². The second-order valence-electron chi connectivity index (χ2n) is 5.09. The smallest absolute Gasteiger partial charge is 0.326 e. The van der Waals surface area contributed by atoms with E-state index in [2.05, 4.69) is 26.2 Å². The number of hydrogen-bond acceptors (Lipinski definition) is 2. The highest BCUT2D eigenvalue weighted by atomic mass is 79.9. The molecule has 0 aliphatic carbocycles. The molecule has 2 atom stereocenters. The summed E-state index contributed by atoms with van der Waals surface area (Å²) in [6.45, 7) is 3.70. The second-order valence-corrected chi connectivity index (χ2v) is 6.01. The molecule has 3 N–H and O–H groups in total. The van der Waals surface area contributed by atoms with E-state index in [-0.39, 0.29) is 5.92 Å². The molecule has 1 aromatic heterocycles. The molecule has 0 aliphatic rings. The van der Waals surface area contributed by atoms with Crippen molar-refractivity contribution in [1.29, 1.82) is 0 Å². The topological polar surface area (TPSA) is 82.2 Å². The van der Waals surface area contributed by atoms with Crippen molar-refractivity contribution in [3.63, 3.8) is 0 Å². The van der Waals surface area contributed by atoms with E-state index in [4.69, 9.17) is 0 Å². The summed E-state index contributed by atoms with van der Waals surface area (Å²) in [5.74, 6) is -1.56. The van der Waals surface area contributed by atoms with Crippen LogP contribution in [0.25, 0.3) is 10.9 Å². The van der Waals surface area contributed by atoms with Crippen molar-refractivity contribution in [2.24, 2.45) is 5.92 Å². The van der Waals surface area contributed by atoms with Gasteiger partial charge in [0.2, 0.25) is 0 Å². The zero-order valence-corrected chi connectivity index (χ0v) is 13.4. The average molecular weight is 353 g/mol. The predicted octanol–water partition coefficient (Wildman–Crippen LogP) is 3.16. The third-order valence-electron chi connectivity index (χ3n) is 3.59. The molecule has 2 aromatic rings. The number of carbonyl (C=O) groups is 2. The van der Waals surface area contributed by atoms with Crippen LogP contribution in [0.2, 0.25) is 0 Å². The van der Waals surface area contributed by atoms with Gasteiger partial charge in [-0.15, -0.1) is 0 Å². The van der Waals surface area contributed by atoms with Crippen molar-refractivity contribution in [3.8, 4) is 0 Å². The van der Waals surface area contributed by atoms with Crippen molar-refractivity contribution in [2.45, 2.75) is 26.3 Å². The van der Waals surface area contributed by atoms with E-state index in [0.29, 0.717) is 12.1 Å². The molecule has 0 aliphatic heterocycles. The molecule has 2 rings (SSSR count). The maximum Gasteiger partial charge on any atom is 0.326 e. The number of aliphatic carboxylic acids is 1. The Bertz CT molecular complexity index is 681. The quantitative estimate of drug-likeness (QED) is 0.772. The van der Waals surface area contributed by atoms with Gasteiger partial charge >= 0.3 is 5.97 Å². The Morgan fingerprint density at radius 3 is 2.71 bits per heavy atom. The number of rotatable bonds is 5. The van der Waals surface area contributed by atoms with Crippen LogP contribution in [0.1, 0.15) is 30.8 Å². The SMILES string of the molecule is CC[C@H](C)[C@H](NC(=O)c1cc2ccc(Br)cc2[nH]1)C(=O)O. The first-order valence-corrected chi connectivity index (χ1v) is 7.53. The lowest BCUT2D eigenvalue weighted by atomic mass is 9.99. The molecule has 0 unspecified atom stereocenters. The van der Waals surface area contributed by atoms with E-state index in [1.165, 1.54) is 0 Å². The van der Waals surface area contributed by atoms with Gasteiger partial charge in [-0.1, -0.05) is 42.3 Å². The number of benzene rings is 1. The van der Waals surface area contributed by atoms with Gasteiger partial charge in [0.1, 0.15) is 11.7 Å². The molecule has 0 saturated heterocycles. The molecule has 1 amide bonds. The summed E-state index contributed by atoms with van der Waals surface area (Å²) in [6.07, 6.45) is 0.677. The van der Waals surface area contributed by atoms with Gasteiger partial charge < -0.3 is 15.4 Å². The van der Waals surface area contributed by atoms with Crippen LogP contribution in [0.5, 0.6) is 0 Å². The summed E-state index contributed by atoms with van der Waals surface area (Å²) < 4.78 is 0.909. The Morgan fingerprint density at radius 2 is 2.10 bits per heavy atom. The van der Waals surface area contributed by atoms with Crippen LogP contribution in [-0.4, -0.2) is 28.0 Å². The summed E-state index contributed by atoms with van der Waals surface area (Å²) in [7, 11) is 0. The van der Waals surface area contributed by atoms with Crippen LogP contribution >= 0.6 is 15.9 Å². The Balaban J connectivity index is 2.23. The molecule has 112 valence electrons. The lowest BCUT2D eigenvalue weighted by Gasteiger charge is -2.19. The van der Waals surface area contributed by atoms with E-state index < -0.39 is 17.9 Å². The van der Waals surface area contributed by atoms with Crippen LogP contribution in [-0.2, 0) is 4.79 Å². The molecular formula is C15H17BrN2O3. The standard InChI is InChI=1S/C15H17BrN2O3/c1-3-8(2)13(15(20)21)18-14(19)12-6-9-4-5-10(16)7-11(9)17-12/h4-8,13,17H,3H2,1-2H3,(H,18,19)(H,20,21)/t8-,13-/m0/s1. The highest BCUT2D eigenvalue weighted by Gasteiger charge is 2.26. The lowest BCUT2D eigenvalue weighted by Crippen LogP contribution is -2.45. The van der Waals surface area contributed by atoms with Crippen molar-refractivity contribution in [3.05, 3.63) is 34.4 Å². The van der Waals surface area contributed by atoms with Gasteiger partial charge in [-0.3, -0.25) is 4.79 Å². The van der Waals surface area contributed by atoms with Crippen molar-refractivity contribution >= 4 is 38.7 Å². The fraction of sp³-hybridized carbons (Fsp3) is 0.333. The maximum absolute atomic E-state index is 12.2. The van der Waals surface area contributed by atoms with E-state index in [1.54, 1.807) is 13.0 Å². The Labute approximate surface area is 130 Å². The number of halogens is 1. The van der Waals surface area contributed by atoms with Crippen LogP contribution in [0.3, 0.4) is 0 Å². The van der Waals surface area contributed by atoms with Crippen LogP contribution < -0.4 is 5.32 Å². The number of H-pyrrole nitrogens is 1. The Kier molecular flexibility index (Phi) is 4.67. The third kappa shape index (κ3) is 3.44. The molecule has 0 spiro atoms. The molecule has 6 heteroatoms. The predicted molar refractivity (Wildman–Crippen MR) is 84.3 cm³/mol. The second kappa shape index (κ2) is 6.30. The summed E-state index contributed by atoms with van der Waals surface area (Å²) in [6, 6.07) is 6.47. The monoisotopic (exact) mass is 352 g/mol. The number of aromatic nitrogens is 1. The fourth-order valence-electron chi connectivity index (χ4n) is 2.12. The summed E-state index contributed by atoms with van der Waals surface area (Å²) in [5, 5.41) is 12.7. The first-order chi connectivity index (χ1) is 9.92. The maximum atomic E-state index is 12.2. The summed E-state index contributed by atoms with van der Waals surface area (Å²) in [4.78, 5) is 26.5. The van der Waals surface area contributed by atoms with Crippen LogP contribution in [0, 0.1) is 5.92 Å². The summed E-state index contributed by atoms with van der Waals surface area (Å²) >= 11 is 3.37. The van der Waals surface area contributed by atoms with Crippen LogP contribution in [0.4, 0.5) is 0 Å². The van der Waals surface area contributed by atoms with Crippen molar-refractivity contribution in [2.75, 3.05) is 0 Å². The molecule has 0 fully saturated rings. The molecule has 1 heterocycles. The van der Waals surface area contributed by atoms with Gasteiger partial charge in [0.25, 0.3) is 5.91 Å². The zero-order valence-electron chi connectivity index (χ0n) is 11.8. The number of fused-ring (bicyclic) bond motifs is 1. The average Bonchev–Trinajstić information content (AvgIpc) is 2.86. The highest BCUT2D eigenvalue weighted by molar-refractivity contribution is 9.10. The lowest BCUT2D eigenvalue weighted by molar-refractivity contribution is -0.140. The molecular weight excluding hydrogens is 336 g/mol. The number of aromatic amines is 1. The minimum absolute atomic E-state index is 0.134. The van der Waals surface area contributed by atoms with Gasteiger partial charge in [0, 0.05) is 15.4 Å². The molecule has 1 aromatic carbocycles. The van der Waals surface area contributed by atoms with Crippen molar-refractivity contribution < 1.29 is 14.7 Å². The zero-order chi connectivity index (χ0) is 15.6. The van der Waals surface area contributed by atoms with E-state index in [0.717, 1.165) is 15.4 Å². The number of carboxylic acids is 1. The fourth-order valence-corrected chi connectivity index (χ4v) is 2.48. The number of hydrogen-bond donors (Lipinski definition) is 3. The van der Waals surface area contributed by atoms with Gasteiger partial charge in [0.05, 0.1) is 0 Å².